The second-order valence-corrected chi connectivity index (χ2v) is 3.93. The summed E-state index contributed by atoms with van der Waals surface area (Å²) in [4.78, 5) is 0. The van der Waals surface area contributed by atoms with E-state index in [0.717, 1.165) is 31.9 Å². The molecule has 0 radical (unpaired) electrons. The van der Waals surface area contributed by atoms with Crippen LogP contribution in [0.4, 0.5) is 0 Å². The minimum absolute atomic E-state index is 0.515. The summed E-state index contributed by atoms with van der Waals surface area (Å²) >= 11 is 0. The van der Waals surface area contributed by atoms with Crippen LogP contribution in [0.1, 0.15) is 13.3 Å². The van der Waals surface area contributed by atoms with Gasteiger partial charge in [0.25, 0.3) is 0 Å². The molecule has 16 heavy (non-hydrogen) atoms. The Bertz CT molecular complexity index is 264. The summed E-state index contributed by atoms with van der Waals surface area (Å²) in [5, 5.41) is 6.57. The van der Waals surface area contributed by atoms with E-state index in [9.17, 15) is 0 Å². The fourth-order valence-electron chi connectivity index (χ4n) is 1.51. The normalized spacial score (nSPS) is 12.4. The van der Waals surface area contributed by atoms with E-state index in [1.54, 1.807) is 0 Å². The van der Waals surface area contributed by atoms with Crippen molar-refractivity contribution in [1.82, 2.24) is 10.6 Å². The minimum Gasteiger partial charge on any atom is -0.494 e. The van der Waals surface area contributed by atoms with Gasteiger partial charge >= 0.3 is 0 Å². The number of rotatable bonds is 8. The van der Waals surface area contributed by atoms with Crippen LogP contribution in [-0.4, -0.2) is 32.8 Å². The van der Waals surface area contributed by atoms with E-state index < -0.39 is 0 Å². The highest BCUT2D eigenvalue weighted by Gasteiger charge is 1.98. The molecule has 90 valence electrons. The lowest BCUT2D eigenvalue weighted by molar-refractivity contribution is 0.305. The minimum atomic E-state index is 0.515. The standard InChI is InChI=1S/C13H22N2O/c1-12(11-14-2)15-9-6-10-16-13-7-4-3-5-8-13/h3-5,7-8,12,14-15H,6,9-11H2,1-2H3. The van der Waals surface area contributed by atoms with E-state index in [-0.39, 0.29) is 0 Å². The van der Waals surface area contributed by atoms with Gasteiger partial charge in [0, 0.05) is 12.6 Å². The average Bonchev–Trinajstić information content (AvgIpc) is 2.30. The molecule has 1 aromatic rings. The Morgan fingerprint density at radius 2 is 2.00 bits per heavy atom. The Balaban J connectivity index is 2.00. The van der Waals surface area contributed by atoms with Gasteiger partial charge in [-0.2, -0.15) is 0 Å². The third kappa shape index (κ3) is 5.73. The first-order valence-corrected chi connectivity index (χ1v) is 5.88. The molecule has 0 saturated heterocycles. The van der Waals surface area contributed by atoms with Crippen molar-refractivity contribution in [3.05, 3.63) is 30.3 Å². The lowest BCUT2D eigenvalue weighted by atomic mass is 10.3. The van der Waals surface area contributed by atoms with Gasteiger partial charge in [-0.15, -0.1) is 0 Å². The molecule has 0 aliphatic carbocycles. The summed E-state index contributed by atoms with van der Waals surface area (Å²) in [6.07, 6.45) is 1.03. The first-order chi connectivity index (χ1) is 7.83. The van der Waals surface area contributed by atoms with Crippen LogP contribution in [0.2, 0.25) is 0 Å². The summed E-state index contributed by atoms with van der Waals surface area (Å²) in [5.74, 6) is 0.950. The zero-order chi connectivity index (χ0) is 11.6. The number of ether oxygens (including phenoxy) is 1. The highest BCUT2D eigenvalue weighted by atomic mass is 16.5. The lowest BCUT2D eigenvalue weighted by Crippen LogP contribution is -2.35. The van der Waals surface area contributed by atoms with Crippen molar-refractivity contribution in [1.29, 1.82) is 0 Å². The third-order valence-electron chi connectivity index (χ3n) is 2.34. The van der Waals surface area contributed by atoms with Crippen LogP contribution in [0.15, 0.2) is 30.3 Å². The van der Waals surface area contributed by atoms with Crippen molar-refractivity contribution in [3.8, 4) is 5.75 Å². The van der Waals surface area contributed by atoms with E-state index >= 15 is 0 Å². The van der Waals surface area contributed by atoms with Crippen molar-refractivity contribution in [2.45, 2.75) is 19.4 Å². The molecular formula is C13H22N2O. The predicted octanol–water partition coefficient (Wildman–Crippen LogP) is 1.65. The fraction of sp³-hybridized carbons (Fsp3) is 0.538. The van der Waals surface area contributed by atoms with E-state index in [1.807, 2.05) is 37.4 Å². The van der Waals surface area contributed by atoms with E-state index in [2.05, 4.69) is 17.6 Å². The quantitative estimate of drug-likeness (QED) is 0.656. The van der Waals surface area contributed by atoms with Crippen LogP contribution in [0, 0.1) is 0 Å². The monoisotopic (exact) mass is 222 g/mol. The summed E-state index contributed by atoms with van der Waals surface area (Å²) in [6, 6.07) is 10.5. The number of hydrogen-bond donors (Lipinski definition) is 2. The number of hydrogen-bond acceptors (Lipinski definition) is 3. The van der Waals surface area contributed by atoms with Gasteiger partial charge in [-0.25, -0.2) is 0 Å². The van der Waals surface area contributed by atoms with Crippen LogP contribution in [0.25, 0.3) is 0 Å². The summed E-state index contributed by atoms with van der Waals surface area (Å²) in [7, 11) is 1.97. The van der Waals surface area contributed by atoms with E-state index in [1.165, 1.54) is 0 Å². The second kappa shape index (κ2) is 8.13. The SMILES string of the molecule is CNCC(C)NCCCOc1ccccc1. The molecule has 3 nitrogen and oxygen atoms in total. The molecule has 0 aromatic heterocycles. The zero-order valence-electron chi connectivity index (χ0n) is 10.2. The van der Waals surface area contributed by atoms with Gasteiger partial charge in [0.2, 0.25) is 0 Å². The molecule has 0 heterocycles. The Morgan fingerprint density at radius 1 is 1.25 bits per heavy atom. The molecule has 2 N–H and O–H groups in total. The highest BCUT2D eigenvalue weighted by Crippen LogP contribution is 2.07. The van der Waals surface area contributed by atoms with Gasteiger partial charge in [0.1, 0.15) is 5.75 Å². The molecule has 1 atom stereocenters. The Morgan fingerprint density at radius 3 is 2.69 bits per heavy atom. The second-order valence-electron chi connectivity index (χ2n) is 3.93. The summed E-state index contributed by atoms with van der Waals surface area (Å²) in [5.41, 5.74) is 0. The smallest absolute Gasteiger partial charge is 0.119 e. The Kier molecular flexibility index (Phi) is 6.61. The van der Waals surface area contributed by atoms with Crippen LogP contribution in [0.3, 0.4) is 0 Å². The van der Waals surface area contributed by atoms with E-state index in [4.69, 9.17) is 4.74 Å². The molecule has 0 spiro atoms. The molecule has 0 bridgehead atoms. The van der Waals surface area contributed by atoms with Crippen molar-refractivity contribution >= 4 is 0 Å². The predicted molar refractivity (Wildman–Crippen MR) is 67.9 cm³/mol. The van der Waals surface area contributed by atoms with E-state index in [0.29, 0.717) is 6.04 Å². The van der Waals surface area contributed by atoms with Crippen LogP contribution < -0.4 is 15.4 Å². The first-order valence-electron chi connectivity index (χ1n) is 5.88. The number of nitrogens with one attached hydrogen (secondary N) is 2. The highest BCUT2D eigenvalue weighted by molar-refractivity contribution is 5.20. The van der Waals surface area contributed by atoms with Gasteiger partial charge in [-0.05, 0) is 39.1 Å². The fourth-order valence-corrected chi connectivity index (χ4v) is 1.51. The summed E-state index contributed by atoms with van der Waals surface area (Å²) < 4.78 is 5.59. The molecule has 0 saturated carbocycles. The maximum absolute atomic E-state index is 5.59. The molecule has 0 aliphatic rings. The first kappa shape index (κ1) is 13.0. The molecule has 0 amide bonds. The maximum Gasteiger partial charge on any atom is 0.119 e. The van der Waals surface area contributed by atoms with Gasteiger partial charge in [0.15, 0.2) is 0 Å². The van der Waals surface area contributed by atoms with Crippen molar-refractivity contribution in [2.75, 3.05) is 26.7 Å². The van der Waals surface area contributed by atoms with Crippen LogP contribution in [0.5, 0.6) is 5.75 Å². The summed E-state index contributed by atoms with van der Waals surface area (Å²) in [6.45, 7) is 4.94. The van der Waals surface area contributed by atoms with Crippen LogP contribution >= 0.6 is 0 Å². The third-order valence-corrected chi connectivity index (χ3v) is 2.34. The molecule has 1 aromatic carbocycles. The van der Waals surface area contributed by atoms with Gasteiger partial charge in [-0.1, -0.05) is 18.2 Å². The number of benzene rings is 1. The lowest BCUT2D eigenvalue weighted by Gasteiger charge is -2.13. The van der Waals surface area contributed by atoms with Crippen molar-refractivity contribution < 1.29 is 4.74 Å². The van der Waals surface area contributed by atoms with Crippen molar-refractivity contribution in [3.63, 3.8) is 0 Å². The molecule has 3 heteroatoms. The topological polar surface area (TPSA) is 33.3 Å². The maximum atomic E-state index is 5.59. The Labute approximate surface area is 98.2 Å². The molecular weight excluding hydrogens is 200 g/mol. The zero-order valence-corrected chi connectivity index (χ0v) is 10.2. The average molecular weight is 222 g/mol. The molecule has 0 aliphatic heterocycles. The Hall–Kier alpha value is -1.06. The van der Waals surface area contributed by atoms with Crippen LogP contribution in [-0.2, 0) is 0 Å². The number of para-hydroxylation sites is 1. The largest absolute Gasteiger partial charge is 0.494 e. The molecule has 0 fully saturated rings. The van der Waals surface area contributed by atoms with Gasteiger partial charge < -0.3 is 15.4 Å². The number of likely N-dealkylation sites (N-methyl/N-ethyl adjacent to an activating group) is 1. The van der Waals surface area contributed by atoms with Gasteiger partial charge in [-0.3, -0.25) is 0 Å². The van der Waals surface area contributed by atoms with Gasteiger partial charge in [0.05, 0.1) is 6.61 Å². The van der Waals surface area contributed by atoms with Crippen molar-refractivity contribution in [2.24, 2.45) is 0 Å². The molecule has 1 unspecified atom stereocenters. The molecule has 1 rings (SSSR count).